The van der Waals surface area contributed by atoms with Crippen molar-refractivity contribution in [2.75, 3.05) is 0 Å². The van der Waals surface area contributed by atoms with E-state index in [-0.39, 0.29) is 0 Å². The van der Waals surface area contributed by atoms with Crippen LogP contribution in [0.1, 0.15) is 5.56 Å². The van der Waals surface area contributed by atoms with Gasteiger partial charge in [-0.2, -0.15) is 0 Å². The Morgan fingerprint density at radius 2 is 2.06 bits per heavy atom. The van der Waals surface area contributed by atoms with E-state index >= 15 is 0 Å². The molecule has 0 radical (unpaired) electrons. The van der Waals surface area contributed by atoms with Gasteiger partial charge in [-0.1, -0.05) is 29.8 Å². The Hall–Kier alpha value is -1.42. The SMILES string of the molecule is NCc1cccc(-c2nc3cc(Cl)ccc3s2)c1. The van der Waals surface area contributed by atoms with E-state index in [2.05, 4.69) is 17.1 Å². The normalized spacial score (nSPS) is 11.0. The number of nitrogens with two attached hydrogens (primary N) is 1. The minimum atomic E-state index is 0.546. The molecule has 18 heavy (non-hydrogen) atoms. The largest absolute Gasteiger partial charge is 0.326 e. The van der Waals surface area contributed by atoms with Crippen LogP contribution >= 0.6 is 22.9 Å². The predicted molar refractivity (Wildman–Crippen MR) is 78.0 cm³/mol. The third-order valence-corrected chi connectivity index (χ3v) is 4.08. The maximum Gasteiger partial charge on any atom is 0.124 e. The highest BCUT2D eigenvalue weighted by Gasteiger charge is 2.06. The Bertz CT molecular complexity index is 706. The lowest BCUT2D eigenvalue weighted by Gasteiger charge is -1.99. The maximum absolute atomic E-state index is 5.97. The lowest BCUT2D eigenvalue weighted by atomic mass is 10.1. The van der Waals surface area contributed by atoms with Crippen LogP contribution in [0.4, 0.5) is 0 Å². The number of thiazole rings is 1. The zero-order valence-electron chi connectivity index (χ0n) is 9.56. The van der Waals surface area contributed by atoms with E-state index in [0.29, 0.717) is 6.54 Å². The zero-order chi connectivity index (χ0) is 12.5. The first-order chi connectivity index (χ1) is 8.76. The van der Waals surface area contributed by atoms with E-state index in [1.165, 1.54) is 0 Å². The molecular weight excluding hydrogens is 264 g/mol. The van der Waals surface area contributed by atoms with Crippen LogP contribution in [-0.4, -0.2) is 4.98 Å². The highest BCUT2D eigenvalue weighted by Crippen LogP contribution is 2.31. The molecule has 0 fully saturated rings. The number of rotatable bonds is 2. The quantitative estimate of drug-likeness (QED) is 0.765. The molecule has 0 unspecified atom stereocenters. The summed E-state index contributed by atoms with van der Waals surface area (Å²) in [5.41, 5.74) is 8.82. The van der Waals surface area contributed by atoms with Crippen molar-refractivity contribution < 1.29 is 0 Å². The molecule has 2 nitrogen and oxygen atoms in total. The van der Waals surface area contributed by atoms with Gasteiger partial charge in [-0.3, -0.25) is 0 Å². The molecule has 0 spiro atoms. The summed E-state index contributed by atoms with van der Waals surface area (Å²) in [7, 11) is 0. The van der Waals surface area contributed by atoms with Gasteiger partial charge >= 0.3 is 0 Å². The fraction of sp³-hybridized carbons (Fsp3) is 0.0714. The van der Waals surface area contributed by atoms with Gasteiger partial charge in [0, 0.05) is 17.1 Å². The third kappa shape index (κ3) is 2.12. The van der Waals surface area contributed by atoms with Gasteiger partial charge in [0.2, 0.25) is 0 Å². The van der Waals surface area contributed by atoms with Gasteiger partial charge in [0.05, 0.1) is 10.2 Å². The Kier molecular flexibility index (Phi) is 3.04. The number of benzene rings is 2. The highest BCUT2D eigenvalue weighted by atomic mass is 35.5. The van der Waals surface area contributed by atoms with Crippen LogP contribution in [0, 0.1) is 0 Å². The molecule has 0 aliphatic carbocycles. The van der Waals surface area contributed by atoms with Crippen molar-refractivity contribution in [2.24, 2.45) is 5.73 Å². The van der Waals surface area contributed by atoms with Gasteiger partial charge in [-0.25, -0.2) is 4.98 Å². The molecule has 0 atom stereocenters. The van der Waals surface area contributed by atoms with Crippen LogP contribution < -0.4 is 5.73 Å². The standard InChI is InChI=1S/C14H11ClN2S/c15-11-4-5-13-12(7-11)17-14(18-13)10-3-1-2-9(6-10)8-16/h1-7H,8,16H2. The zero-order valence-corrected chi connectivity index (χ0v) is 11.1. The van der Waals surface area contributed by atoms with Gasteiger partial charge in [-0.15, -0.1) is 11.3 Å². The minimum Gasteiger partial charge on any atom is -0.326 e. The second-order valence-electron chi connectivity index (χ2n) is 4.04. The van der Waals surface area contributed by atoms with Crippen molar-refractivity contribution in [3.05, 3.63) is 53.1 Å². The molecule has 4 heteroatoms. The minimum absolute atomic E-state index is 0.546. The Morgan fingerprint density at radius 1 is 1.17 bits per heavy atom. The van der Waals surface area contributed by atoms with Gasteiger partial charge in [0.25, 0.3) is 0 Å². The predicted octanol–water partition coefficient (Wildman–Crippen LogP) is 4.08. The molecule has 1 heterocycles. The van der Waals surface area contributed by atoms with Crippen LogP contribution in [0.5, 0.6) is 0 Å². The molecule has 0 saturated heterocycles. The van der Waals surface area contributed by atoms with Crippen molar-refractivity contribution in [3.8, 4) is 10.6 Å². The molecule has 2 aromatic carbocycles. The summed E-state index contributed by atoms with van der Waals surface area (Å²) in [6.07, 6.45) is 0. The van der Waals surface area contributed by atoms with Crippen LogP contribution in [0.3, 0.4) is 0 Å². The first kappa shape index (κ1) is 11.7. The maximum atomic E-state index is 5.97. The second-order valence-corrected chi connectivity index (χ2v) is 5.50. The summed E-state index contributed by atoms with van der Waals surface area (Å²) >= 11 is 7.64. The van der Waals surface area contributed by atoms with E-state index in [1.807, 2.05) is 30.3 Å². The van der Waals surface area contributed by atoms with Crippen LogP contribution in [0.15, 0.2) is 42.5 Å². The fourth-order valence-electron chi connectivity index (χ4n) is 1.86. The smallest absolute Gasteiger partial charge is 0.124 e. The number of aromatic nitrogens is 1. The molecule has 0 saturated carbocycles. The molecule has 3 rings (SSSR count). The molecular formula is C14H11ClN2S. The van der Waals surface area contributed by atoms with E-state index in [0.717, 1.165) is 31.4 Å². The lowest BCUT2D eigenvalue weighted by molar-refractivity contribution is 1.07. The van der Waals surface area contributed by atoms with Gasteiger partial charge in [0.15, 0.2) is 0 Å². The van der Waals surface area contributed by atoms with Crippen LogP contribution in [0.25, 0.3) is 20.8 Å². The van der Waals surface area contributed by atoms with E-state index in [4.69, 9.17) is 17.3 Å². The number of fused-ring (bicyclic) bond motifs is 1. The van der Waals surface area contributed by atoms with E-state index < -0.39 is 0 Å². The molecule has 0 amide bonds. The van der Waals surface area contributed by atoms with Crippen molar-refractivity contribution >= 4 is 33.2 Å². The molecule has 90 valence electrons. The van der Waals surface area contributed by atoms with Gasteiger partial charge < -0.3 is 5.73 Å². The number of halogens is 1. The molecule has 0 aliphatic rings. The Balaban J connectivity index is 2.13. The summed E-state index contributed by atoms with van der Waals surface area (Å²) in [6.45, 7) is 0.546. The molecule has 3 aromatic rings. The summed E-state index contributed by atoms with van der Waals surface area (Å²) in [5, 5.41) is 1.72. The summed E-state index contributed by atoms with van der Waals surface area (Å²) in [5.74, 6) is 0. The monoisotopic (exact) mass is 274 g/mol. The number of nitrogens with zero attached hydrogens (tertiary/aromatic N) is 1. The van der Waals surface area contributed by atoms with Crippen LogP contribution in [0.2, 0.25) is 5.02 Å². The number of hydrogen-bond donors (Lipinski definition) is 1. The third-order valence-electron chi connectivity index (χ3n) is 2.76. The Labute approximate surface area is 114 Å². The van der Waals surface area contributed by atoms with Crippen molar-refractivity contribution in [2.45, 2.75) is 6.54 Å². The average Bonchev–Trinajstić information content (AvgIpc) is 2.81. The number of hydrogen-bond acceptors (Lipinski definition) is 3. The van der Waals surface area contributed by atoms with Crippen molar-refractivity contribution in [1.82, 2.24) is 4.98 Å². The first-order valence-electron chi connectivity index (χ1n) is 5.62. The summed E-state index contributed by atoms with van der Waals surface area (Å²) in [6, 6.07) is 14.0. The van der Waals surface area contributed by atoms with E-state index in [1.54, 1.807) is 11.3 Å². The van der Waals surface area contributed by atoms with Gasteiger partial charge in [0.1, 0.15) is 5.01 Å². The van der Waals surface area contributed by atoms with Crippen molar-refractivity contribution in [1.29, 1.82) is 0 Å². The van der Waals surface area contributed by atoms with E-state index in [9.17, 15) is 0 Å². The molecule has 1 aromatic heterocycles. The van der Waals surface area contributed by atoms with Crippen molar-refractivity contribution in [3.63, 3.8) is 0 Å². The molecule has 2 N–H and O–H groups in total. The first-order valence-corrected chi connectivity index (χ1v) is 6.81. The summed E-state index contributed by atoms with van der Waals surface area (Å²) in [4.78, 5) is 4.61. The average molecular weight is 275 g/mol. The molecule has 0 aliphatic heterocycles. The Morgan fingerprint density at radius 3 is 2.89 bits per heavy atom. The second kappa shape index (κ2) is 4.69. The fourth-order valence-corrected chi connectivity index (χ4v) is 2.96. The lowest BCUT2D eigenvalue weighted by Crippen LogP contribution is -1.95. The van der Waals surface area contributed by atoms with Gasteiger partial charge in [-0.05, 0) is 29.8 Å². The highest BCUT2D eigenvalue weighted by molar-refractivity contribution is 7.21. The molecule has 0 bridgehead atoms. The topological polar surface area (TPSA) is 38.9 Å². The van der Waals surface area contributed by atoms with Crippen LogP contribution in [-0.2, 0) is 6.54 Å². The summed E-state index contributed by atoms with van der Waals surface area (Å²) < 4.78 is 1.15.